The summed E-state index contributed by atoms with van der Waals surface area (Å²) >= 11 is 0. The van der Waals surface area contributed by atoms with Crippen molar-refractivity contribution >= 4 is 24.1 Å². The summed E-state index contributed by atoms with van der Waals surface area (Å²) < 4.78 is 0. The number of carboxylic acids is 1. The number of carboxylic acid groups (broad SMARTS) is 1. The molecule has 0 radical (unpaired) electrons. The largest absolute Gasteiger partial charge is 0.477 e. The zero-order valence-electron chi connectivity index (χ0n) is 15.9. The molecule has 1 aliphatic heterocycles. The van der Waals surface area contributed by atoms with Gasteiger partial charge in [0.25, 0.3) is 5.56 Å². The van der Waals surface area contributed by atoms with Crippen molar-refractivity contribution in [1.82, 2.24) is 9.88 Å². The second-order valence-corrected chi connectivity index (χ2v) is 6.97. The summed E-state index contributed by atoms with van der Waals surface area (Å²) in [7, 11) is 4.22. The summed E-state index contributed by atoms with van der Waals surface area (Å²) in [6.07, 6.45) is 1.80. The minimum absolute atomic E-state index is 0. The molecule has 0 bridgehead atoms. The monoisotopic (exact) mass is 391 g/mol. The summed E-state index contributed by atoms with van der Waals surface area (Å²) in [5.41, 5.74) is 2.80. The molecule has 1 aromatic carbocycles. The van der Waals surface area contributed by atoms with Crippen LogP contribution < -0.4 is 10.5 Å². The summed E-state index contributed by atoms with van der Waals surface area (Å²) in [4.78, 5) is 30.6. The second-order valence-electron chi connectivity index (χ2n) is 6.97. The molecule has 2 aromatic rings. The van der Waals surface area contributed by atoms with Crippen LogP contribution in [0.5, 0.6) is 0 Å². The molecule has 146 valence electrons. The zero-order valence-corrected chi connectivity index (χ0v) is 16.7. The van der Waals surface area contributed by atoms with Crippen molar-refractivity contribution in [2.45, 2.75) is 25.8 Å². The van der Waals surface area contributed by atoms with Gasteiger partial charge in [-0.3, -0.25) is 4.79 Å². The average Bonchev–Trinajstić information content (AvgIpc) is 3.12. The van der Waals surface area contributed by atoms with Crippen LogP contribution in [-0.2, 0) is 6.42 Å². The van der Waals surface area contributed by atoms with Gasteiger partial charge in [0.2, 0.25) is 0 Å². The maximum Gasteiger partial charge on any atom is 0.341 e. The Bertz CT molecular complexity index is 862. The van der Waals surface area contributed by atoms with Crippen molar-refractivity contribution in [3.63, 3.8) is 0 Å². The van der Waals surface area contributed by atoms with E-state index in [2.05, 4.69) is 41.0 Å². The lowest BCUT2D eigenvalue weighted by atomic mass is 10.0. The molecule has 1 aliphatic rings. The van der Waals surface area contributed by atoms with Gasteiger partial charge in [-0.15, -0.1) is 12.4 Å². The number of likely N-dealkylation sites (N-methyl/N-ethyl adjacent to an activating group) is 1. The number of rotatable bonds is 5. The highest BCUT2D eigenvalue weighted by atomic mass is 35.5. The van der Waals surface area contributed by atoms with E-state index < -0.39 is 11.5 Å². The number of hydrogen-bond acceptors (Lipinski definition) is 4. The van der Waals surface area contributed by atoms with Gasteiger partial charge in [-0.1, -0.05) is 19.1 Å². The number of aromatic nitrogens is 1. The highest BCUT2D eigenvalue weighted by molar-refractivity contribution is 5.88. The van der Waals surface area contributed by atoms with Crippen molar-refractivity contribution in [2.75, 3.05) is 32.1 Å². The molecular formula is C20H26ClN3O3. The Balaban J connectivity index is 0.00000261. The number of benzene rings is 1. The van der Waals surface area contributed by atoms with Crippen LogP contribution in [0.2, 0.25) is 0 Å². The molecule has 2 N–H and O–H groups in total. The summed E-state index contributed by atoms with van der Waals surface area (Å²) in [5.74, 6) is -1.20. The molecule has 0 unspecified atom stereocenters. The smallest absolute Gasteiger partial charge is 0.341 e. The van der Waals surface area contributed by atoms with Crippen LogP contribution >= 0.6 is 12.4 Å². The molecule has 1 fully saturated rings. The van der Waals surface area contributed by atoms with Gasteiger partial charge in [0.1, 0.15) is 5.56 Å². The van der Waals surface area contributed by atoms with Gasteiger partial charge < -0.3 is 19.9 Å². The lowest BCUT2D eigenvalue weighted by Gasteiger charge is -2.22. The Morgan fingerprint density at radius 2 is 1.96 bits per heavy atom. The second kappa shape index (κ2) is 8.59. The van der Waals surface area contributed by atoms with E-state index in [1.165, 1.54) is 11.8 Å². The van der Waals surface area contributed by atoms with Crippen LogP contribution in [0.25, 0.3) is 11.3 Å². The first-order valence-electron chi connectivity index (χ1n) is 8.92. The third-order valence-electron chi connectivity index (χ3n) is 5.15. The normalized spacial score (nSPS) is 16.4. The minimum atomic E-state index is -1.20. The number of aromatic amines is 1. The molecule has 0 amide bonds. The SMILES string of the molecule is CCc1cc(C(=O)O)c(=O)[nH]c1-c1ccc(N2CC[C@H](N(C)C)C2)cc1.Cl. The molecule has 3 rings (SSSR count). The summed E-state index contributed by atoms with van der Waals surface area (Å²) in [5, 5.41) is 9.14. The number of aromatic carboxylic acids is 1. The summed E-state index contributed by atoms with van der Waals surface area (Å²) in [6, 6.07) is 10.2. The topological polar surface area (TPSA) is 76.6 Å². The lowest BCUT2D eigenvalue weighted by molar-refractivity contribution is 0.0695. The van der Waals surface area contributed by atoms with Gasteiger partial charge in [0.15, 0.2) is 0 Å². The first-order chi connectivity index (χ1) is 12.4. The molecule has 1 saturated heterocycles. The molecule has 27 heavy (non-hydrogen) atoms. The van der Waals surface area contributed by atoms with E-state index in [0.717, 1.165) is 30.6 Å². The van der Waals surface area contributed by atoms with Gasteiger partial charge in [0, 0.05) is 24.8 Å². The van der Waals surface area contributed by atoms with E-state index in [-0.39, 0.29) is 18.0 Å². The van der Waals surface area contributed by atoms with E-state index in [4.69, 9.17) is 5.11 Å². The van der Waals surface area contributed by atoms with Crippen LogP contribution in [0.3, 0.4) is 0 Å². The Labute approximate surface area is 165 Å². The molecule has 1 atom stereocenters. The number of aryl methyl sites for hydroxylation is 1. The van der Waals surface area contributed by atoms with E-state index in [1.54, 1.807) is 0 Å². The van der Waals surface area contributed by atoms with Crippen molar-refractivity contribution < 1.29 is 9.90 Å². The van der Waals surface area contributed by atoms with Gasteiger partial charge in [-0.25, -0.2) is 4.79 Å². The van der Waals surface area contributed by atoms with Gasteiger partial charge >= 0.3 is 5.97 Å². The Kier molecular flexibility index (Phi) is 6.68. The highest BCUT2D eigenvalue weighted by Gasteiger charge is 2.24. The number of pyridine rings is 1. The molecule has 7 heteroatoms. The Hall–Kier alpha value is -2.31. The molecule has 0 aliphatic carbocycles. The molecular weight excluding hydrogens is 366 g/mol. The van der Waals surface area contributed by atoms with Crippen molar-refractivity contribution in [3.05, 3.63) is 51.8 Å². The fourth-order valence-electron chi connectivity index (χ4n) is 3.51. The quantitative estimate of drug-likeness (QED) is 0.819. The Morgan fingerprint density at radius 1 is 1.30 bits per heavy atom. The van der Waals surface area contributed by atoms with Crippen LogP contribution in [0.15, 0.2) is 35.1 Å². The Morgan fingerprint density at radius 3 is 2.48 bits per heavy atom. The number of nitrogens with zero attached hydrogens (tertiary/aromatic N) is 2. The van der Waals surface area contributed by atoms with Crippen LogP contribution in [-0.4, -0.2) is 54.2 Å². The molecule has 0 saturated carbocycles. The summed E-state index contributed by atoms with van der Waals surface area (Å²) in [6.45, 7) is 3.99. The van der Waals surface area contributed by atoms with Gasteiger partial charge in [0.05, 0.1) is 5.69 Å². The van der Waals surface area contributed by atoms with Crippen molar-refractivity contribution in [1.29, 1.82) is 0 Å². The molecule has 2 heterocycles. The highest BCUT2D eigenvalue weighted by Crippen LogP contribution is 2.27. The third-order valence-corrected chi connectivity index (χ3v) is 5.15. The molecule has 6 nitrogen and oxygen atoms in total. The number of hydrogen-bond donors (Lipinski definition) is 2. The molecule has 0 spiro atoms. The van der Waals surface area contributed by atoms with Crippen LogP contribution in [0.4, 0.5) is 5.69 Å². The lowest BCUT2D eigenvalue weighted by Crippen LogP contribution is -2.31. The third kappa shape index (κ3) is 4.34. The van der Waals surface area contributed by atoms with Crippen LogP contribution in [0.1, 0.15) is 29.3 Å². The fourth-order valence-corrected chi connectivity index (χ4v) is 3.51. The fraction of sp³-hybridized carbons (Fsp3) is 0.400. The van der Waals surface area contributed by atoms with Gasteiger partial charge in [-0.2, -0.15) is 0 Å². The maximum atomic E-state index is 12.0. The number of nitrogens with one attached hydrogen (secondary N) is 1. The maximum absolute atomic E-state index is 12.0. The van der Waals surface area contributed by atoms with E-state index in [9.17, 15) is 9.59 Å². The van der Waals surface area contributed by atoms with Crippen molar-refractivity contribution in [3.8, 4) is 11.3 Å². The standard InChI is InChI=1S/C20H25N3O3.ClH/c1-4-13-11-17(20(25)26)19(24)21-18(13)14-5-7-15(8-6-14)23-10-9-16(12-23)22(2)3;/h5-8,11,16H,4,9-10,12H2,1-3H3,(H,21,24)(H,25,26);1H/t16-;/m0./s1. The number of carbonyl (C=O) groups is 1. The first-order valence-corrected chi connectivity index (χ1v) is 8.92. The van der Waals surface area contributed by atoms with Crippen LogP contribution in [0, 0.1) is 0 Å². The zero-order chi connectivity index (χ0) is 18.8. The predicted molar refractivity (Wildman–Crippen MR) is 110 cm³/mol. The number of H-pyrrole nitrogens is 1. The van der Waals surface area contributed by atoms with E-state index >= 15 is 0 Å². The average molecular weight is 392 g/mol. The minimum Gasteiger partial charge on any atom is -0.477 e. The predicted octanol–water partition coefficient (Wildman–Crippen LogP) is 2.86. The van der Waals surface area contributed by atoms with E-state index in [0.29, 0.717) is 18.2 Å². The van der Waals surface area contributed by atoms with Gasteiger partial charge in [-0.05, 0) is 56.3 Å². The van der Waals surface area contributed by atoms with Crippen molar-refractivity contribution in [2.24, 2.45) is 0 Å². The molecule has 1 aromatic heterocycles. The first kappa shape index (κ1) is 21.0. The number of halogens is 1. The van der Waals surface area contributed by atoms with E-state index in [1.807, 2.05) is 19.1 Å². The number of anilines is 1.